The molecule has 14 heavy (non-hydrogen) atoms. The first-order valence-electron chi connectivity index (χ1n) is 4.61. The van der Waals surface area contributed by atoms with E-state index in [9.17, 15) is 13.2 Å². The number of halogens is 3. The van der Waals surface area contributed by atoms with Gasteiger partial charge in [0.15, 0.2) is 0 Å². The van der Waals surface area contributed by atoms with E-state index in [0.29, 0.717) is 6.42 Å². The van der Waals surface area contributed by atoms with Crippen LogP contribution in [0, 0.1) is 17.8 Å². The fraction of sp³-hybridized carbons (Fsp3) is 0.636. The molecule has 0 atom stereocenters. The Balaban J connectivity index is 4.59. The number of alkyl halides is 3. The first-order chi connectivity index (χ1) is 6.38. The standard InChI is InChI=1S/C11H15F3/c1-4-5-6-7-10(8-9(2)3)11(12,13)14/h8-9H,4,7H2,1-3H3/b10-8+. The number of hydrogen-bond donors (Lipinski definition) is 0. The van der Waals surface area contributed by atoms with Gasteiger partial charge in [-0.15, -0.1) is 5.92 Å². The molecule has 0 N–H and O–H groups in total. The van der Waals surface area contributed by atoms with Crippen molar-refractivity contribution in [3.63, 3.8) is 0 Å². The molecule has 0 bridgehead atoms. The SMILES string of the molecule is CCC#CC/C(=C\C(C)C)C(F)(F)F. The third-order valence-corrected chi connectivity index (χ3v) is 1.48. The molecule has 0 aliphatic heterocycles. The van der Waals surface area contributed by atoms with E-state index in [2.05, 4.69) is 11.8 Å². The highest BCUT2D eigenvalue weighted by Crippen LogP contribution is 2.28. The number of rotatable bonds is 2. The molecule has 0 aliphatic rings. The summed E-state index contributed by atoms with van der Waals surface area (Å²) in [5.41, 5.74) is -0.534. The van der Waals surface area contributed by atoms with Crippen LogP contribution in [0.1, 0.15) is 33.6 Å². The lowest BCUT2D eigenvalue weighted by molar-refractivity contribution is -0.0931. The second-order valence-corrected chi connectivity index (χ2v) is 3.32. The Morgan fingerprint density at radius 1 is 1.29 bits per heavy atom. The van der Waals surface area contributed by atoms with E-state index >= 15 is 0 Å². The van der Waals surface area contributed by atoms with Gasteiger partial charge < -0.3 is 0 Å². The Morgan fingerprint density at radius 2 is 1.86 bits per heavy atom. The maximum Gasteiger partial charge on any atom is 0.413 e. The molecule has 0 saturated carbocycles. The van der Waals surface area contributed by atoms with Gasteiger partial charge in [0, 0.05) is 18.4 Å². The van der Waals surface area contributed by atoms with Crippen LogP contribution >= 0.6 is 0 Å². The van der Waals surface area contributed by atoms with Gasteiger partial charge in [0.05, 0.1) is 0 Å². The van der Waals surface area contributed by atoms with Crippen molar-refractivity contribution in [2.24, 2.45) is 5.92 Å². The monoisotopic (exact) mass is 204 g/mol. The lowest BCUT2D eigenvalue weighted by Gasteiger charge is -2.10. The Morgan fingerprint density at radius 3 is 2.21 bits per heavy atom. The molecule has 0 fully saturated rings. The Labute approximate surface area is 83.2 Å². The van der Waals surface area contributed by atoms with Crippen molar-refractivity contribution in [1.29, 1.82) is 0 Å². The van der Waals surface area contributed by atoms with Crippen LogP contribution in [0.25, 0.3) is 0 Å². The molecule has 0 heterocycles. The quantitative estimate of drug-likeness (QED) is 0.472. The van der Waals surface area contributed by atoms with Gasteiger partial charge in [0.1, 0.15) is 0 Å². The van der Waals surface area contributed by atoms with Gasteiger partial charge in [-0.2, -0.15) is 13.2 Å². The maximum atomic E-state index is 12.4. The topological polar surface area (TPSA) is 0 Å². The molecule has 0 spiro atoms. The van der Waals surface area contributed by atoms with Crippen LogP contribution in [0.3, 0.4) is 0 Å². The predicted molar refractivity (Wildman–Crippen MR) is 51.7 cm³/mol. The second kappa shape index (κ2) is 5.74. The van der Waals surface area contributed by atoms with Crippen LogP contribution in [0.2, 0.25) is 0 Å². The fourth-order valence-corrected chi connectivity index (χ4v) is 0.939. The van der Waals surface area contributed by atoms with E-state index in [1.165, 1.54) is 6.08 Å². The van der Waals surface area contributed by atoms with Gasteiger partial charge in [0.25, 0.3) is 0 Å². The molecule has 0 aliphatic carbocycles. The Kier molecular flexibility index (Phi) is 5.37. The third-order valence-electron chi connectivity index (χ3n) is 1.48. The summed E-state index contributed by atoms with van der Waals surface area (Å²) in [6.45, 7) is 5.25. The average Bonchev–Trinajstić information content (AvgIpc) is 2.00. The van der Waals surface area contributed by atoms with Gasteiger partial charge in [-0.1, -0.05) is 32.8 Å². The normalized spacial score (nSPS) is 12.6. The van der Waals surface area contributed by atoms with Crippen LogP contribution in [0.5, 0.6) is 0 Å². The zero-order chi connectivity index (χ0) is 11.2. The van der Waals surface area contributed by atoms with Crippen LogP contribution < -0.4 is 0 Å². The molecule has 0 amide bonds. The van der Waals surface area contributed by atoms with E-state index < -0.39 is 11.7 Å². The van der Waals surface area contributed by atoms with Crippen molar-refractivity contribution in [3.8, 4) is 11.8 Å². The van der Waals surface area contributed by atoms with Gasteiger partial charge in [0.2, 0.25) is 0 Å². The van der Waals surface area contributed by atoms with Crippen molar-refractivity contribution in [1.82, 2.24) is 0 Å². The highest BCUT2D eigenvalue weighted by Gasteiger charge is 2.32. The van der Waals surface area contributed by atoms with Gasteiger partial charge >= 0.3 is 6.18 Å². The highest BCUT2D eigenvalue weighted by molar-refractivity contribution is 5.18. The fourth-order valence-electron chi connectivity index (χ4n) is 0.939. The Bertz CT molecular complexity index is 248. The van der Waals surface area contributed by atoms with Crippen molar-refractivity contribution in [2.45, 2.75) is 39.8 Å². The Hall–Kier alpha value is -0.910. The zero-order valence-electron chi connectivity index (χ0n) is 8.70. The first kappa shape index (κ1) is 13.1. The summed E-state index contributed by atoms with van der Waals surface area (Å²) < 4.78 is 37.1. The number of allylic oxidation sites excluding steroid dienone is 2. The van der Waals surface area contributed by atoms with Gasteiger partial charge in [-0.05, 0) is 5.92 Å². The van der Waals surface area contributed by atoms with Crippen molar-refractivity contribution in [3.05, 3.63) is 11.6 Å². The largest absolute Gasteiger partial charge is 0.413 e. The van der Waals surface area contributed by atoms with Crippen molar-refractivity contribution < 1.29 is 13.2 Å². The molecule has 80 valence electrons. The zero-order valence-corrected chi connectivity index (χ0v) is 8.70. The van der Waals surface area contributed by atoms with Gasteiger partial charge in [-0.25, -0.2) is 0 Å². The van der Waals surface area contributed by atoms with Crippen LogP contribution in [-0.4, -0.2) is 6.18 Å². The predicted octanol–water partition coefficient (Wildman–Crippen LogP) is 3.93. The summed E-state index contributed by atoms with van der Waals surface area (Å²) >= 11 is 0. The van der Waals surface area contributed by atoms with Crippen molar-refractivity contribution in [2.75, 3.05) is 0 Å². The molecule has 0 unspecified atom stereocenters. The maximum absolute atomic E-state index is 12.4. The van der Waals surface area contributed by atoms with Crippen molar-refractivity contribution >= 4 is 0 Å². The summed E-state index contributed by atoms with van der Waals surface area (Å²) in [4.78, 5) is 0. The molecule has 0 aromatic heterocycles. The summed E-state index contributed by atoms with van der Waals surface area (Å²) in [7, 11) is 0. The minimum absolute atomic E-state index is 0.102. The molecule has 0 nitrogen and oxygen atoms in total. The second-order valence-electron chi connectivity index (χ2n) is 3.32. The molecule has 3 heteroatoms. The molecule has 0 rings (SSSR count). The lowest BCUT2D eigenvalue weighted by Crippen LogP contribution is -2.12. The lowest BCUT2D eigenvalue weighted by atomic mass is 10.1. The van der Waals surface area contributed by atoms with Crippen LogP contribution in [-0.2, 0) is 0 Å². The van der Waals surface area contributed by atoms with E-state index in [1.54, 1.807) is 13.8 Å². The summed E-state index contributed by atoms with van der Waals surface area (Å²) in [5.74, 6) is 5.04. The summed E-state index contributed by atoms with van der Waals surface area (Å²) in [6.07, 6.45) is -2.63. The van der Waals surface area contributed by atoms with E-state index in [-0.39, 0.29) is 12.3 Å². The molecule has 0 radical (unpaired) electrons. The number of hydrogen-bond acceptors (Lipinski definition) is 0. The van der Waals surface area contributed by atoms with Crippen LogP contribution in [0.4, 0.5) is 13.2 Å². The van der Waals surface area contributed by atoms with Gasteiger partial charge in [-0.3, -0.25) is 0 Å². The van der Waals surface area contributed by atoms with E-state index in [4.69, 9.17) is 0 Å². The molecular formula is C11H15F3. The minimum Gasteiger partial charge on any atom is -0.166 e. The molecule has 0 saturated heterocycles. The first-order valence-corrected chi connectivity index (χ1v) is 4.61. The molecular weight excluding hydrogens is 189 g/mol. The average molecular weight is 204 g/mol. The summed E-state index contributed by atoms with van der Waals surface area (Å²) in [6, 6.07) is 0. The third kappa shape index (κ3) is 5.69. The molecule has 0 aromatic carbocycles. The van der Waals surface area contributed by atoms with E-state index in [0.717, 1.165) is 0 Å². The van der Waals surface area contributed by atoms with E-state index in [1.807, 2.05) is 6.92 Å². The highest BCUT2D eigenvalue weighted by atomic mass is 19.4. The van der Waals surface area contributed by atoms with Crippen LogP contribution in [0.15, 0.2) is 11.6 Å². The summed E-state index contributed by atoms with van der Waals surface area (Å²) in [5, 5.41) is 0. The smallest absolute Gasteiger partial charge is 0.166 e. The molecule has 0 aromatic rings. The minimum atomic E-state index is -4.24.